The van der Waals surface area contributed by atoms with Crippen molar-refractivity contribution < 1.29 is 24.5 Å². The Bertz CT molecular complexity index is 2180. The van der Waals surface area contributed by atoms with E-state index in [0.717, 1.165) is 63.1 Å². The fourth-order valence-electron chi connectivity index (χ4n) is 6.30. The first-order valence-corrected chi connectivity index (χ1v) is 15.7. The van der Waals surface area contributed by atoms with Gasteiger partial charge >= 0.3 is 0 Å². The minimum atomic E-state index is 0. The van der Waals surface area contributed by atoms with Crippen molar-refractivity contribution in [2.75, 3.05) is 0 Å². The summed E-state index contributed by atoms with van der Waals surface area (Å²) in [6.07, 6.45) is 5.31. The number of para-hydroxylation sites is 2. The van der Waals surface area contributed by atoms with Crippen LogP contribution in [-0.4, -0.2) is 14.5 Å². The minimum Gasteiger partial charge on any atom is -0.501 e. The van der Waals surface area contributed by atoms with Gasteiger partial charge in [-0.2, -0.15) is 0 Å². The maximum atomic E-state index is 6.07. The summed E-state index contributed by atoms with van der Waals surface area (Å²) in [5.41, 5.74) is 11.3. The van der Waals surface area contributed by atoms with Crippen LogP contribution in [0.2, 0.25) is 0 Å². The van der Waals surface area contributed by atoms with Crippen LogP contribution < -0.4 is 0 Å². The fraction of sp³-hybridized carbons (Fsp3) is 0.220. The SMILES string of the molecule is CC(C)(C)CC1=Cc2cccc3nc(-c4[c-]cccc4)n(c23)C1.CC(C)c1ccnc(-c2[c-]ccc3c2oc2ccccc23)c1.[Ir]. The molecule has 0 unspecified atom stereocenters. The van der Waals surface area contributed by atoms with E-state index in [2.05, 4.69) is 111 Å². The number of benzene rings is 4. The Hall–Kier alpha value is -4.31. The van der Waals surface area contributed by atoms with E-state index < -0.39 is 0 Å². The maximum absolute atomic E-state index is 6.07. The molecule has 4 heterocycles. The van der Waals surface area contributed by atoms with Gasteiger partial charge in [-0.15, -0.1) is 54.1 Å². The third-order valence-electron chi connectivity index (χ3n) is 8.27. The van der Waals surface area contributed by atoms with Crippen molar-refractivity contribution in [1.82, 2.24) is 14.5 Å². The van der Waals surface area contributed by atoms with Gasteiger partial charge in [0.25, 0.3) is 0 Å². The summed E-state index contributed by atoms with van der Waals surface area (Å²) < 4.78 is 8.43. The van der Waals surface area contributed by atoms with Gasteiger partial charge in [-0.05, 0) is 47.2 Å². The van der Waals surface area contributed by atoms with Crippen LogP contribution in [0.5, 0.6) is 0 Å². The smallest absolute Gasteiger partial charge is 0.120 e. The predicted octanol–water partition coefficient (Wildman–Crippen LogP) is 10.9. The molecule has 0 saturated heterocycles. The number of hydrogen-bond acceptors (Lipinski definition) is 3. The van der Waals surface area contributed by atoms with Crippen molar-refractivity contribution >= 4 is 39.0 Å². The molecule has 3 aromatic heterocycles. The van der Waals surface area contributed by atoms with Crippen LogP contribution in [0.4, 0.5) is 0 Å². The molecule has 0 fully saturated rings. The molecule has 0 bridgehead atoms. The van der Waals surface area contributed by atoms with E-state index in [1.165, 1.54) is 22.2 Å². The monoisotopic (exact) mass is 780 g/mol. The average molecular weight is 780 g/mol. The summed E-state index contributed by atoms with van der Waals surface area (Å²) in [6, 6.07) is 37.4. The van der Waals surface area contributed by atoms with Crippen LogP contribution in [0.15, 0.2) is 107 Å². The molecule has 0 atom stereocenters. The van der Waals surface area contributed by atoms with Crippen LogP contribution >= 0.6 is 0 Å². The molecule has 0 saturated carbocycles. The third-order valence-corrected chi connectivity index (χ3v) is 8.27. The quantitative estimate of drug-likeness (QED) is 0.167. The Morgan fingerprint density at radius 2 is 1.72 bits per heavy atom. The average Bonchev–Trinajstić information content (AvgIpc) is 3.61. The van der Waals surface area contributed by atoms with E-state index in [4.69, 9.17) is 9.40 Å². The molecule has 1 aliphatic rings. The van der Waals surface area contributed by atoms with Gasteiger partial charge in [-0.1, -0.05) is 99.2 Å². The number of furan rings is 1. The summed E-state index contributed by atoms with van der Waals surface area (Å²) in [5, 5.41) is 2.24. The molecule has 0 N–H and O–H groups in total. The van der Waals surface area contributed by atoms with Gasteiger partial charge in [0.1, 0.15) is 5.58 Å². The number of fused-ring (bicyclic) bond motifs is 3. The largest absolute Gasteiger partial charge is 0.501 e. The summed E-state index contributed by atoms with van der Waals surface area (Å²) in [6.45, 7) is 12.2. The number of rotatable bonds is 4. The van der Waals surface area contributed by atoms with E-state index in [1.807, 2.05) is 48.7 Å². The summed E-state index contributed by atoms with van der Waals surface area (Å²) in [4.78, 5) is 9.40. The Morgan fingerprint density at radius 3 is 2.50 bits per heavy atom. The maximum Gasteiger partial charge on any atom is 0.120 e. The number of nitrogens with zero attached hydrogens (tertiary/aromatic N) is 3. The molecule has 8 rings (SSSR count). The molecule has 4 aromatic carbocycles. The zero-order chi connectivity index (χ0) is 31.1. The van der Waals surface area contributed by atoms with Gasteiger partial charge in [-0.3, -0.25) is 4.98 Å². The van der Waals surface area contributed by atoms with Crippen LogP contribution in [0.1, 0.15) is 58.1 Å². The van der Waals surface area contributed by atoms with Gasteiger partial charge in [0, 0.05) is 38.2 Å². The molecule has 0 aliphatic carbocycles. The molecule has 0 spiro atoms. The molecular formula is C41H37IrN3O-2. The first-order valence-electron chi connectivity index (χ1n) is 15.7. The zero-order valence-corrected chi connectivity index (χ0v) is 29.3. The third kappa shape index (κ3) is 6.23. The fourth-order valence-corrected chi connectivity index (χ4v) is 6.30. The molecule has 0 amide bonds. The van der Waals surface area contributed by atoms with E-state index in [0.29, 0.717) is 5.92 Å². The van der Waals surface area contributed by atoms with Crippen molar-refractivity contribution in [3.63, 3.8) is 0 Å². The first kappa shape index (κ1) is 31.7. The molecule has 5 heteroatoms. The standard InChI is InChI=1S/C21H21N2.C20H16NO.Ir/c1-21(2,3)13-15-12-17-10-7-11-18-19(17)23(14-15)20(22-18)16-8-5-4-6-9-16;1-13(2)14-10-11-21-18(12-14)17-8-5-7-16-15-6-3-4-9-19(15)22-20(16)17;/h4-8,10-12H,13-14H2,1-3H3;3-7,9-13H,1-2H3;/q2*-1;. The van der Waals surface area contributed by atoms with Gasteiger partial charge in [-0.25, -0.2) is 0 Å². The topological polar surface area (TPSA) is 43.9 Å². The molecule has 4 nitrogen and oxygen atoms in total. The van der Waals surface area contributed by atoms with Crippen LogP contribution in [0.3, 0.4) is 0 Å². The Morgan fingerprint density at radius 1 is 0.891 bits per heavy atom. The number of aromatic nitrogens is 3. The number of pyridine rings is 1. The summed E-state index contributed by atoms with van der Waals surface area (Å²) in [5.74, 6) is 1.49. The summed E-state index contributed by atoms with van der Waals surface area (Å²) >= 11 is 0. The second-order valence-electron chi connectivity index (χ2n) is 13.4. The van der Waals surface area contributed by atoms with Gasteiger partial charge in [0.15, 0.2) is 0 Å². The van der Waals surface area contributed by atoms with Crippen LogP contribution in [0.25, 0.3) is 61.7 Å². The van der Waals surface area contributed by atoms with E-state index >= 15 is 0 Å². The number of allylic oxidation sites excluding steroid dienone is 1. The van der Waals surface area contributed by atoms with E-state index in [9.17, 15) is 0 Å². The van der Waals surface area contributed by atoms with Crippen molar-refractivity contribution in [3.8, 4) is 22.6 Å². The van der Waals surface area contributed by atoms with E-state index in [1.54, 1.807) is 0 Å². The van der Waals surface area contributed by atoms with Crippen molar-refractivity contribution in [2.24, 2.45) is 5.41 Å². The number of hydrogen-bond donors (Lipinski definition) is 0. The van der Waals surface area contributed by atoms with Crippen molar-refractivity contribution in [2.45, 2.75) is 53.5 Å². The molecule has 233 valence electrons. The first-order chi connectivity index (χ1) is 21.7. The zero-order valence-electron chi connectivity index (χ0n) is 26.9. The van der Waals surface area contributed by atoms with Crippen LogP contribution in [-0.2, 0) is 26.7 Å². The minimum absolute atomic E-state index is 0. The Balaban J connectivity index is 0.000000158. The molecule has 1 radical (unpaired) electrons. The van der Waals surface area contributed by atoms with Gasteiger partial charge in [0.05, 0.1) is 22.4 Å². The Kier molecular flexibility index (Phi) is 8.83. The number of imidazole rings is 1. The molecule has 1 aliphatic heterocycles. The van der Waals surface area contributed by atoms with Crippen LogP contribution in [0, 0.1) is 17.5 Å². The van der Waals surface area contributed by atoms with Crippen molar-refractivity contribution in [3.05, 3.63) is 126 Å². The predicted molar refractivity (Wildman–Crippen MR) is 186 cm³/mol. The molecule has 46 heavy (non-hydrogen) atoms. The van der Waals surface area contributed by atoms with E-state index in [-0.39, 0.29) is 25.5 Å². The van der Waals surface area contributed by atoms with Crippen molar-refractivity contribution in [1.29, 1.82) is 0 Å². The molecular weight excluding hydrogens is 743 g/mol. The van der Waals surface area contributed by atoms with Gasteiger partial charge < -0.3 is 14.0 Å². The normalized spacial score (nSPS) is 12.6. The Labute approximate surface area is 284 Å². The summed E-state index contributed by atoms with van der Waals surface area (Å²) in [7, 11) is 0. The van der Waals surface area contributed by atoms with Gasteiger partial charge in [0.2, 0.25) is 0 Å². The molecule has 7 aromatic rings. The second-order valence-corrected chi connectivity index (χ2v) is 13.4. The second kappa shape index (κ2) is 12.8.